The number of nitrogens with zero attached hydrogens (tertiary/aromatic N) is 3. The van der Waals surface area contributed by atoms with Gasteiger partial charge < -0.3 is 14.6 Å². The highest BCUT2D eigenvalue weighted by atomic mass is 32.2. The summed E-state index contributed by atoms with van der Waals surface area (Å²) in [5, 5.41) is 6.81. The molecule has 2 fully saturated rings. The Bertz CT molecular complexity index is 1150. The van der Waals surface area contributed by atoms with Gasteiger partial charge in [-0.05, 0) is 38.0 Å². The predicted octanol–water partition coefficient (Wildman–Crippen LogP) is 2.14. The smallest absolute Gasteiger partial charge is 0.248 e. The van der Waals surface area contributed by atoms with E-state index in [2.05, 4.69) is 15.4 Å². The summed E-state index contributed by atoms with van der Waals surface area (Å²) in [6.45, 7) is 6.52. The Hall–Kier alpha value is -2.60. The van der Waals surface area contributed by atoms with Gasteiger partial charge >= 0.3 is 0 Å². The number of aryl methyl sites for hydroxylation is 1. The molecule has 2 aliphatic rings. The summed E-state index contributed by atoms with van der Waals surface area (Å²) in [5.41, 5.74) is 0.548. The van der Waals surface area contributed by atoms with Gasteiger partial charge in [-0.2, -0.15) is 4.31 Å². The summed E-state index contributed by atoms with van der Waals surface area (Å²) in [6, 6.07) is 6.18. The van der Waals surface area contributed by atoms with Crippen molar-refractivity contribution < 1.29 is 26.9 Å². The van der Waals surface area contributed by atoms with E-state index in [-0.39, 0.29) is 41.3 Å². The van der Waals surface area contributed by atoms with Gasteiger partial charge in [0.1, 0.15) is 11.5 Å². The molecule has 0 unspecified atom stereocenters. The Morgan fingerprint density at radius 1 is 1.17 bits per heavy atom. The lowest BCUT2D eigenvalue weighted by Gasteiger charge is -2.31. The number of ether oxygens (including phenoxy) is 1. The number of carbonyl (C=O) groups excluding carboxylic acids is 1. The van der Waals surface area contributed by atoms with Crippen molar-refractivity contribution in [2.24, 2.45) is 5.92 Å². The van der Waals surface area contributed by atoms with Crippen LogP contribution in [0.25, 0.3) is 12.2 Å². The van der Waals surface area contributed by atoms with Crippen molar-refractivity contribution in [2.75, 3.05) is 52.5 Å². The molecular formula is C24H31FN4O5S. The molecule has 2 saturated heterocycles. The Morgan fingerprint density at radius 3 is 2.60 bits per heavy atom. The van der Waals surface area contributed by atoms with E-state index >= 15 is 0 Å². The van der Waals surface area contributed by atoms with Gasteiger partial charge in [-0.15, -0.1) is 0 Å². The molecule has 190 valence electrons. The average Bonchev–Trinajstić information content (AvgIpc) is 3.25. The molecule has 11 heteroatoms. The van der Waals surface area contributed by atoms with Gasteiger partial charge in [-0.1, -0.05) is 23.4 Å². The predicted molar refractivity (Wildman–Crippen MR) is 128 cm³/mol. The van der Waals surface area contributed by atoms with Crippen molar-refractivity contribution in [3.05, 3.63) is 47.1 Å². The molecule has 0 spiro atoms. The number of nitrogens with one attached hydrogen (secondary N) is 1. The highest BCUT2D eigenvalue weighted by molar-refractivity contribution is 7.89. The van der Waals surface area contributed by atoms with Gasteiger partial charge in [-0.25, -0.2) is 12.8 Å². The van der Waals surface area contributed by atoms with Gasteiger partial charge in [0, 0.05) is 50.7 Å². The lowest BCUT2D eigenvalue weighted by atomic mass is 9.97. The van der Waals surface area contributed by atoms with Crippen molar-refractivity contribution >= 4 is 28.1 Å². The number of hydrogen-bond acceptors (Lipinski definition) is 7. The fraction of sp³-hybridized carbons (Fsp3) is 0.500. The monoisotopic (exact) mass is 506 g/mol. The number of rotatable bonds is 8. The molecule has 1 amide bonds. The molecule has 1 N–H and O–H groups in total. The van der Waals surface area contributed by atoms with Gasteiger partial charge in [0.15, 0.2) is 10.7 Å². The summed E-state index contributed by atoms with van der Waals surface area (Å²) in [6.07, 6.45) is 3.75. The molecule has 2 aromatic rings. The third kappa shape index (κ3) is 6.16. The molecule has 9 nitrogen and oxygen atoms in total. The highest BCUT2D eigenvalue weighted by Crippen LogP contribution is 2.29. The normalized spacial score (nSPS) is 18.8. The maximum Gasteiger partial charge on any atom is 0.248 e. The third-order valence-electron chi connectivity index (χ3n) is 6.41. The zero-order valence-corrected chi connectivity index (χ0v) is 20.6. The SMILES string of the molecule is Cc1noc(/C=C/c2ccccc2F)c1S(=O)(=O)N1CCC(C(=O)NCCN2CCOCC2)CC1. The van der Waals surface area contributed by atoms with Crippen LogP contribution in [0.4, 0.5) is 4.39 Å². The van der Waals surface area contributed by atoms with Crippen LogP contribution in [0.5, 0.6) is 0 Å². The summed E-state index contributed by atoms with van der Waals surface area (Å²) >= 11 is 0. The maximum absolute atomic E-state index is 13.9. The second-order valence-corrected chi connectivity index (χ2v) is 10.6. The van der Waals surface area contributed by atoms with E-state index in [9.17, 15) is 17.6 Å². The minimum absolute atomic E-state index is 0.0292. The van der Waals surface area contributed by atoms with E-state index in [4.69, 9.17) is 9.26 Å². The fourth-order valence-corrected chi connectivity index (χ4v) is 6.09. The van der Waals surface area contributed by atoms with Gasteiger partial charge in [0.2, 0.25) is 15.9 Å². The van der Waals surface area contributed by atoms with Crippen LogP contribution in [0.3, 0.4) is 0 Å². The lowest BCUT2D eigenvalue weighted by molar-refractivity contribution is -0.126. The van der Waals surface area contributed by atoms with Gasteiger partial charge in [0.25, 0.3) is 0 Å². The Kier molecular flexibility index (Phi) is 8.32. The first kappa shape index (κ1) is 25.5. The molecule has 4 rings (SSSR count). The number of hydrogen-bond donors (Lipinski definition) is 1. The van der Waals surface area contributed by atoms with Crippen molar-refractivity contribution in [1.82, 2.24) is 19.7 Å². The zero-order valence-electron chi connectivity index (χ0n) is 19.8. The average molecular weight is 507 g/mol. The Balaban J connectivity index is 1.35. The zero-order chi connectivity index (χ0) is 24.8. The first-order valence-corrected chi connectivity index (χ1v) is 13.3. The van der Waals surface area contributed by atoms with Crippen LogP contribution in [0.15, 0.2) is 33.7 Å². The highest BCUT2D eigenvalue weighted by Gasteiger charge is 2.35. The minimum atomic E-state index is -3.89. The molecule has 0 atom stereocenters. The number of morpholine rings is 1. The molecule has 1 aromatic carbocycles. The second-order valence-electron chi connectivity index (χ2n) is 8.74. The van der Waals surface area contributed by atoms with Gasteiger partial charge in [-0.3, -0.25) is 9.69 Å². The van der Waals surface area contributed by atoms with Crippen molar-refractivity contribution in [2.45, 2.75) is 24.7 Å². The summed E-state index contributed by atoms with van der Waals surface area (Å²) < 4.78 is 52.7. The van der Waals surface area contributed by atoms with Gasteiger partial charge in [0.05, 0.1) is 13.2 Å². The van der Waals surface area contributed by atoms with Crippen LogP contribution in [-0.4, -0.2) is 81.2 Å². The quantitative estimate of drug-likeness (QED) is 0.585. The summed E-state index contributed by atoms with van der Waals surface area (Å²) in [7, 11) is -3.89. The minimum Gasteiger partial charge on any atom is -0.379 e. The molecule has 35 heavy (non-hydrogen) atoms. The number of benzene rings is 1. The largest absolute Gasteiger partial charge is 0.379 e. The van der Waals surface area contributed by atoms with E-state index in [1.54, 1.807) is 25.1 Å². The second kappa shape index (κ2) is 11.4. The number of piperidine rings is 1. The Morgan fingerprint density at radius 2 is 1.89 bits per heavy atom. The van der Waals surface area contributed by atoms with Crippen LogP contribution in [0.1, 0.15) is 29.9 Å². The number of halogens is 1. The standard InChI is InChI=1S/C24H31FN4O5S/c1-18-23(22(34-27-18)7-6-19-4-2-3-5-21(19)25)35(31,32)29-11-8-20(9-12-29)24(30)26-10-13-28-14-16-33-17-15-28/h2-7,20H,8-17H2,1H3,(H,26,30)/b7-6+. The molecule has 2 aliphatic heterocycles. The van der Waals surface area contributed by atoms with E-state index in [0.717, 1.165) is 19.6 Å². The molecule has 0 aliphatic carbocycles. The molecule has 0 saturated carbocycles. The molecule has 0 radical (unpaired) electrons. The third-order valence-corrected chi connectivity index (χ3v) is 8.46. The van der Waals surface area contributed by atoms with Crippen molar-refractivity contribution in [3.8, 4) is 0 Å². The van der Waals surface area contributed by atoms with E-state index in [1.165, 1.54) is 22.5 Å². The van der Waals surface area contributed by atoms with E-state index < -0.39 is 15.8 Å². The number of carbonyl (C=O) groups is 1. The number of aromatic nitrogens is 1. The van der Waals surface area contributed by atoms with Crippen LogP contribution >= 0.6 is 0 Å². The van der Waals surface area contributed by atoms with Crippen molar-refractivity contribution in [1.29, 1.82) is 0 Å². The summed E-state index contributed by atoms with van der Waals surface area (Å²) in [4.78, 5) is 14.8. The molecule has 0 bridgehead atoms. The number of amides is 1. The van der Waals surface area contributed by atoms with Crippen LogP contribution in [-0.2, 0) is 19.6 Å². The fourth-order valence-electron chi connectivity index (χ4n) is 4.37. The van der Waals surface area contributed by atoms with E-state index in [0.29, 0.717) is 38.2 Å². The number of sulfonamides is 1. The topological polar surface area (TPSA) is 105 Å². The molecular weight excluding hydrogens is 475 g/mol. The summed E-state index contributed by atoms with van der Waals surface area (Å²) in [5.74, 6) is -0.636. The van der Waals surface area contributed by atoms with Crippen LogP contribution < -0.4 is 5.32 Å². The van der Waals surface area contributed by atoms with Crippen molar-refractivity contribution in [3.63, 3.8) is 0 Å². The Labute approximate surface area is 204 Å². The maximum atomic E-state index is 13.9. The van der Waals surface area contributed by atoms with E-state index in [1.807, 2.05) is 0 Å². The molecule has 3 heterocycles. The van der Waals surface area contributed by atoms with Crippen LogP contribution in [0, 0.1) is 18.7 Å². The lowest BCUT2D eigenvalue weighted by Crippen LogP contribution is -2.45. The first-order valence-electron chi connectivity index (χ1n) is 11.8. The first-order chi connectivity index (χ1) is 16.9. The van der Waals surface area contributed by atoms with Crippen LogP contribution in [0.2, 0.25) is 0 Å². The molecule has 1 aromatic heterocycles.